The van der Waals surface area contributed by atoms with Crippen molar-refractivity contribution in [1.29, 1.82) is 0 Å². The molecule has 122 valence electrons. The smallest absolute Gasteiger partial charge is 0.261 e. The van der Waals surface area contributed by atoms with Crippen molar-refractivity contribution < 1.29 is 9.21 Å². The quantitative estimate of drug-likeness (QED) is 0.576. The van der Waals surface area contributed by atoms with Crippen LogP contribution in [0.3, 0.4) is 0 Å². The minimum atomic E-state index is -0.274. The molecule has 1 aromatic carbocycles. The number of hydrogen-bond donors (Lipinski definition) is 1. The van der Waals surface area contributed by atoms with Crippen LogP contribution in [0.5, 0.6) is 0 Å². The van der Waals surface area contributed by atoms with Gasteiger partial charge in [0.05, 0.1) is 11.7 Å². The van der Waals surface area contributed by atoms with Gasteiger partial charge in [-0.15, -0.1) is 5.10 Å². The number of hydrogen-bond acceptors (Lipinski definition) is 5. The molecule has 2 heterocycles. The van der Waals surface area contributed by atoms with E-state index in [1.165, 1.54) is 12.6 Å². The summed E-state index contributed by atoms with van der Waals surface area (Å²) in [5.41, 5.74) is 4.05. The van der Waals surface area contributed by atoms with Gasteiger partial charge in [-0.05, 0) is 36.6 Å². The third-order valence-corrected chi connectivity index (χ3v) is 4.22. The van der Waals surface area contributed by atoms with Gasteiger partial charge in [0.1, 0.15) is 23.6 Å². The summed E-state index contributed by atoms with van der Waals surface area (Å²) in [7, 11) is 0. The van der Waals surface area contributed by atoms with Gasteiger partial charge in [0.25, 0.3) is 5.91 Å². The molecule has 1 fully saturated rings. The molecule has 4 rings (SSSR count). The van der Waals surface area contributed by atoms with E-state index in [1.807, 2.05) is 36.4 Å². The van der Waals surface area contributed by atoms with Crippen LogP contribution in [0.15, 0.2) is 45.9 Å². The lowest BCUT2D eigenvalue weighted by atomic mass is 10.3. The summed E-state index contributed by atoms with van der Waals surface area (Å²) in [6.45, 7) is 2.26. The van der Waals surface area contributed by atoms with Crippen molar-refractivity contribution in [2.45, 2.75) is 25.8 Å². The van der Waals surface area contributed by atoms with E-state index in [4.69, 9.17) is 4.42 Å². The van der Waals surface area contributed by atoms with Gasteiger partial charge in [-0.2, -0.15) is 5.10 Å². The maximum absolute atomic E-state index is 12.0. The highest BCUT2D eigenvalue weighted by molar-refractivity contribution is 5.81. The molecule has 0 saturated heterocycles. The number of benzene rings is 1. The zero-order chi connectivity index (χ0) is 16.5. The number of aromatic nitrogens is 3. The number of nitrogens with one attached hydrogen (secondary N) is 1. The number of carbonyl (C=O) groups is 1. The number of furan rings is 1. The van der Waals surface area contributed by atoms with Crippen LogP contribution >= 0.6 is 0 Å². The minimum Gasteiger partial charge on any atom is -0.460 e. The van der Waals surface area contributed by atoms with Gasteiger partial charge in [0.2, 0.25) is 0 Å². The number of nitrogens with zero attached hydrogens (tertiary/aromatic N) is 4. The van der Waals surface area contributed by atoms with Gasteiger partial charge in [0.15, 0.2) is 0 Å². The zero-order valence-electron chi connectivity index (χ0n) is 13.2. The molecule has 0 bridgehead atoms. The molecule has 2 aromatic heterocycles. The van der Waals surface area contributed by atoms with Gasteiger partial charge >= 0.3 is 0 Å². The largest absolute Gasteiger partial charge is 0.460 e. The third kappa shape index (κ3) is 2.92. The maximum atomic E-state index is 12.0. The van der Waals surface area contributed by atoms with Crippen LogP contribution in [0.2, 0.25) is 0 Å². The number of para-hydroxylation sites is 1. The molecule has 1 amide bonds. The third-order valence-electron chi connectivity index (χ3n) is 4.22. The van der Waals surface area contributed by atoms with E-state index in [0.29, 0.717) is 17.6 Å². The van der Waals surface area contributed by atoms with Crippen LogP contribution in [0.4, 0.5) is 0 Å². The second-order valence-corrected chi connectivity index (χ2v) is 6.09. The highest BCUT2D eigenvalue weighted by atomic mass is 16.3. The molecule has 1 N–H and O–H groups in total. The first-order chi connectivity index (χ1) is 11.7. The Labute approximate surface area is 138 Å². The van der Waals surface area contributed by atoms with E-state index in [2.05, 4.69) is 27.8 Å². The second kappa shape index (κ2) is 5.92. The molecule has 0 radical (unpaired) electrons. The van der Waals surface area contributed by atoms with Crippen molar-refractivity contribution in [3.05, 3.63) is 47.9 Å². The van der Waals surface area contributed by atoms with Crippen molar-refractivity contribution in [2.75, 3.05) is 0 Å². The maximum Gasteiger partial charge on any atom is 0.261 e. The lowest BCUT2D eigenvalue weighted by molar-refractivity contribution is -0.121. The summed E-state index contributed by atoms with van der Waals surface area (Å²) in [5.74, 6) is 2.57. The predicted octanol–water partition coefficient (Wildman–Crippen LogP) is 2.30. The summed E-state index contributed by atoms with van der Waals surface area (Å²) < 4.78 is 7.24. The second-order valence-electron chi connectivity index (χ2n) is 6.09. The first-order valence-electron chi connectivity index (χ1n) is 7.90. The number of fused-ring (bicyclic) bond motifs is 1. The lowest BCUT2D eigenvalue weighted by Crippen LogP contribution is -2.23. The fourth-order valence-corrected chi connectivity index (χ4v) is 2.73. The molecule has 2 atom stereocenters. The highest BCUT2D eigenvalue weighted by Crippen LogP contribution is 2.47. The minimum absolute atomic E-state index is 0.0564. The molecule has 0 spiro atoms. The van der Waals surface area contributed by atoms with Crippen LogP contribution in [-0.4, -0.2) is 27.1 Å². The van der Waals surface area contributed by atoms with Gasteiger partial charge in [0, 0.05) is 5.92 Å². The van der Waals surface area contributed by atoms with Crippen LogP contribution in [0, 0.1) is 5.92 Å². The topological polar surface area (TPSA) is 85.3 Å². The summed E-state index contributed by atoms with van der Waals surface area (Å²) in [5, 5.41) is 11.9. The molecule has 1 aliphatic rings. The lowest BCUT2D eigenvalue weighted by Gasteiger charge is -2.00. The zero-order valence-corrected chi connectivity index (χ0v) is 13.2. The molecule has 3 aromatic rings. The Hall–Kier alpha value is -2.96. The number of rotatable bonds is 5. The van der Waals surface area contributed by atoms with E-state index in [-0.39, 0.29) is 12.5 Å². The average Bonchev–Trinajstić information content (AvgIpc) is 2.99. The number of amides is 1. The summed E-state index contributed by atoms with van der Waals surface area (Å²) in [6.07, 6.45) is 2.68. The Morgan fingerprint density at radius 1 is 1.42 bits per heavy atom. The van der Waals surface area contributed by atoms with Crippen molar-refractivity contribution in [1.82, 2.24) is 20.4 Å². The van der Waals surface area contributed by atoms with E-state index in [0.717, 1.165) is 16.8 Å². The Morgan fingerprint density at radius 3 is 3.08 bits per heavy atom. The average molecular weight is 323 g/mol. The van der Waals surface area contributed by atoms with E-state index in [1.54, 1.807) is 4.68 Å². The van der Waals surface area contributed by atoms with Crippen LogP contribution in [0.25, 0.3) is 11.0 Å². The van der Waals surface area contributed by atoms with Crippen molar-refractivity contribution in [2.24, 2.45) is 11.0 Å². The molecule has 7 nitrogen and oxygen atoms in total. The Morgan fingerprint density at radius 2 is 2.25 bits per heavy atom. The van der Waals surface area contributed by atoms with Crippen molar-refractivity contribution in [3.63, 3.8) is 0 Å². The van der Waals surface area contributed by atoms with Gasteiger partial charge in [-0.3, -0.25) is 4.79 Å². The molecular weight excluding hydrogens is 306 g/mol. The van der Waals surface area contributed by atoms with Gasteiger partial charge in [-0.25, -0.2) is 10.1 Å². The summed E-state index contributed by atoms with van der Waals surface area (Å²) in [6, 6.07) is 11.3. The van der Waals surface area contributed by atoms with Crippen molar-refractivity contribution in [3.8, 4) is 0 Å². The number of hydrazone groups is 1. The first kappa shape index (κ1) is 14.6. The van der Waals surface area contributed by atoms with Crippen LogP contribution in [-0.2, 0) is 11.3 Å². The monoisotopic (exact) mass is 323 g/mol. The highest BCUT2D eigenvalue weighted by Gasteiger charge is 2.36. The Bertz CT molecular complexity index is 910. The number of carbonyl (C=O) groups excluding carboxylic acids is 1. The van der Waals surface area contributed by atoms with E-state index >= 15 is 0 Å². The van der Waals surface area contributed by atoms with Gasteiger partial charge in [-0.1, -0.05) is 24.3 Å². The molecule has 24 heavy (non-hydrogen) atoms. The van der Waals surface area contributed by atoms with Crippen molar-refractivity contribution >= 4 is 23.2 Å². The fraction of sp³-hybridized carbons (Fsp3) is 0.294. The van der Waals surface area contributed by atoms with Gasteiger partial charge < -0.3 is 4.42 Å². The van der Waals surface area contributed by atoms with Crippen LogP contribution < -0.4 is 5.43 Å². The Kier molecular flexibility index (Phi) is 3.60. The SMILES string of the molecule is C[C@H]1C[C@@H]1c1ccc(/C=N\NC(=O)Cn2nnc3ccccc32)o1. The molecule has 0 unspecified atom stereocenters. The van der Waals surface area contributed by atoms with Crippen LogP contribution in [0.1, 0.15) is 30.8 Å². The molecule has 0 aliphatic heterocycles. The molecular formula is C17H17N5O2. The molecule has 1 saturated carbocycles. The van der Waals surface area contributed by atoms with E-state index < -0.39 is 0 Å². The van der Waals surface area contributed by atoms with E-state index in [9.17, 15) is 4.79 Å². The predicted molar refractivity (Wildman–Crippen MR) is 88.5 cm³/mol. The standard InChI is InChI=1S/C17H17N5O2/c1-11-8-13(11)16-7-6-12(24-16)9-18-20-17(23)10-22-15-5-3-2-4-14(15)19-21-22/h2-7,9,11,13H,8,10H2,1H3,(H,20,23)/b18-9-/t11-,13-/m0/s1. The molecule has 7 heteroatoms. The first-order valence-corrected chi connectivity index (χ1v) is 7.90. The Balaban J connectivity index is 1.35. The fourth-order valence-electron chi connectivity index (χ4n) is 2.73. The molecule has 1 aliphatic carbocycles. The normalized spacial score (nSPS) is 19.9. The summed E-state index contributed by atoms with van der Waals surface area (Å²) >= 11 is 0. The summed E-state index contributed by atoms with van der Waals surface area (Å²) in [4.78, 5) is 12.0.